The van der Waals surface area contributed by atoms with Gasteiger partial charge in [-0.2, -0.15) is 0 Å². The molecule has 0 aliphatic heterocycles. The zero-order valence-electron chi connectivity index (χ0n) is 6.99. The summed E-state index contributed by atoms with van der Waals surface area (Å²) in [6.07, 6.45) is 3.34. The fourth-order valence-corrected chi connectivity index (χ4v) is 0.944. The molecule has 0 bridgehead atoms. The van der Waals surface area contributed by atoms with Gasteiger partial charge >= 0.3 is 0 Å². The monoisotopic (exact) mass is 168 g/mol. The van der Waals surface area contributed by atoms with Gasteiger partial charge in [-0.25, -0.2) is 0 Å². The molecular formula is C8H12N2O2. The second-order valence-corrected chi connectivity index (χ2v) is 2.40. The molecule has 0 spiro atoms. The quantitative estimate of drug-likeness (QED) is 0.681. The fourth-order valence-electron chi connectivity index (χ4n) is 0.944. The van der Waals surface area contributed by atoms with Gasteiger partial charge in [0.1, 0.15) is 0 Å². The Morgan fingerprint density at radius 3 is 3.00 bits per heavy atom. The van der Waals surface area contributed by atoms with Crippen LogP contribution in [0.5, 0.6) is 5.75 Å². The van der Waals surface area contributed by atoms with Crippen LogP contribution in [0.15, 0.2) is 23.3 Å². The number of pyridine rings is 1. The van der Waals surface area contributed by atoms with Crippen LogP contribution in [0.4, 0.5) is 0 Å². The molecule has 0 aliphatic carbocycles. The molecule has 4 heteroatoms. The molecule has 0 aliphatic rings. The summed E-state index contributed by atoms with van der Waals surface area (Å²) in [6.45, 7) is 1.24. The molecule has 0 atom stereocenters. The number of hydrogen-bond donors (Lipinski definition) is 1. The minimum atomic E-state index is -0.106. The van der Waals surface area contributed by atoms with E-state index in [1.54, 1.807) is 12.4 Å². The highest BCUT2D eigenvalue weighted by Crippen LogP contribution is 1.99. The Balaban J connectivity index is 2.97. The maximum absolute atomic E-state index is 11.0. The Hall–Kier alpha value is -1.29. The van der Waals surface area contributed by atoms with Gasteiger partial charge in [0.25, 0.3) is 0 Å². The first-order valence-electron chi connectivity index (χ1n) is 3.72. The summed E-state index contributed by atoms with van der Waals surface area (Å²) in [4.78, 5) is 11.0. The lowest BCUT2D eigenvalue weighted by Crippen LogP contribution is -2.13. The Bertz CT molecular complexity index is 306. The standard InChI is InChI=1S/C8H12N2O2/c1-12-8-6-10(5-3-9)4-2-7(8)11/h2,4,6H,3,5,9H2,1H3. The van der Waals surface area contributed by atoms with Gasteiger partial charge in [0.05, 0.1) is 13.3 Å². The molecule has 1 heterocycles. The summed E-state index contributed by atoms with van der Waals surface area (Å²) in [5, 5.41) is 0. The second-order valence-electron chi connectivity index (χ2n) is 2.40. The van der Waals surface area contributed by atoms with E-state index < -0.39 is 0 Å². The molecule has 0 aromatic carbocycles. The summed E-state index contributed by atoms with van der Waals surface area (Å²) in [6, 6.07) is 1.47. The van der Waals surface area contributed by atoms with E-state index in [1.165, 1.54) is 13.2 Å². The van der Waals surface area contributed by atoms with Gasteiger partial charge in [-0.05, 0) is 0 Å². The van der Waals surface area contributed by atoms with Crippen molar-refractivity contribution in [3.63, 3.8) is 0 Å². The van der Waals surface area contributed by atoms with Crippen LogP contribution in [0.25, 0.3) is 0 Å². The van der Waals surface area contributed by atoms with Crippen LogP contribution in [-0.2, 0) is 6.54 Å². The summed E-state index contributed by atoms with van der Waals surface area (Å²) in [5.74, 6) is 0.353. The fraction of sp³-hybridized carbons (Fsp3) is 0.375. The van der Waals surface area contributed by atoms with Gasteiger partial charge in [-0.15, -0.1) is 0 Å². The van der Waals surface area contributed by atoms with E-state index in [1.807, 2.05) is 4.57 Å². The Morgan fingerprint density at radius 2 is 2.42 bits per heavy atom. The van der Waals surface area contributed by atoms with Crippen LogP contribution in [0, 0.1) is 0 Å². The van der Waals surface area contributed by atoms with Crippen molar-refractivity contribution in [2.75, 3.05) is 13.7 Å². The van der Waals surface area contributed by atoms with Gasteiger partial charge in [0.15, 0.2) is 5.75 Å². The highest BCUT2D eigenvalue weighted by molar-refractivity contribution is 5.16. The van der Waals surface area contributed by atoms with Crippen molar-refractivity contribution in [1.82, 2.24) is 4.57 Å². The van der Waals surface area contributed by atoms with Crippen LogP contribution in [0.1, 0.15) is 0 Å². The Morgan fingerprint density at radius 1 is 1.67 bits per heavy atom. The first-order chi connectivity index (χ1) is 5.77. The number of ether oxygens (including phenoxy) is 1. The molecule has 1 aromatic heterocycles. The Kier molecular flexibility index (Phi) is 2.88. The summed E-state index contributed by atoms with van der Waals surface area (Å²) < 4.78 is 6.68. The van der Waals surface area contributed by atoms with Crippen molar-refractivity contribution in [1.29, 1.82) is 0 Å². The van der Waals surface area contributed by atoms with Crippen molar-refractivity contribution in [3.8, 4) is 5.75 Å². The molecule has 0 saturated carbocycles. The van der Waals surface area contributed by atoms with E-state index in [9.17, 15) is 4.79 Å². The number of nitrogens with two attached hydrogens (primary N) is 1. The number of aromatic nitrogens is 1. The third-order valence-electron chi connectivity index (χ3n) is 1.55. The Labute approximate surface area is 70.6 Å². The predicted octanol–water partition coefficient (Wildman–Crippen LogP) is -0.184. The zero-order valence-corrected chi connectivity index (χ0v) is 6.99. The normalized spacial score (nSPS) is 9.83. The number of hydrogen-bond acceptors (Lipinski definition) is 3. The average molecular weight is 168 g/mol. The largest absolute Gasteiger partial charge is 0.491 e. The third kappa shape index (κ3) is 1.85. The predicted molar refractivity (Wildman–Crippen MR) is 46.3 cm³/mol. The average Bonchev–Trinajstić information content (AvgIpc) is 2.09. The van der Waals surface area contributed by atoms with Gasteiger partial charge < -0.3 is 15.0 Å². The van der Waals surface area contributed by atoms with Crippen LogP contribution in [0.3, 0.4) is 0 Å². The van der Waals surface area contributed by atoms with Crippen LogP contribution < -0.4 is 15.9 Å². The van der Waals surface area contributed by atoms with Gasteiger partial charge in [0, 0.05) is 25.4 Å². The van der Waals surface area contributed by atoms with Gasteiger partial charge in [-0.3, -0.25) is 4.79 Å². The number of methoxy groups -OCH3 is 1. The van der Waals surface area contributed by atoms with Gasteiger partial charge in [-0.1, -0.05) is 0 Å². The summed E-state index contributed by atoms with van der Waals surface area (Å²) in [5.41, 5.74) is 5.24. The lowest BCUT2D eigenvalue weighted by molar-refractivity contribution is 0.405. The van der Waals surface area contributed by atoms with Crippen LogP contribution in [-0.4, -0.2) is 18.2 Å². The number of rotatable bonds is 3. The van der Waals surface area contributed by atoms with Crippen LogP contribution >= 0.6 is 0 Å². The van der Waals surface area contributed by atoms with E-state index >= 15 is 0 Å². The third-order valence-corrected chi connectivity index (χ3v) is 1.55. The highest BCUT2D eigenvalue weighted by atomic mass is 16.5. The minimum Gasteiger partial charge on any atom is -0.491 e. The lowest BCUT2D eigenvalue weighted by Gasteiger charge is -2.05. The van der Waals surface area contributed by atoms with E-state index in [0.29, 0.717) is 18.8 Å². The minimum absolute atomic E-state index is 0.106. The van der Waals surface area contributed by atoms with Crippen molar-refractivity contribution < 1.29 is 4.74 Å². The first kappa shape index (κ1) is 8.80. The smallest absolute Gasteiger partial charge is 0.223 e. The first-order valence-corrected chi connectivity index (χ1v) is 3.72. The second kappa shape index (κ2) is 3.92. The maximum Gasteiger partial charge on any atom is 0.223 e. The maximum atomic E-state index is 11.0. The van der Waals surface area contributed by atoms with E-state index in [-0.39, 0.29) is 5.43 Å². The summed E-state index contributed by atoms with van der Waals surface area (Å²) in [7, 11) is 1.48. The molecule has 0 amide bonds. The van der Waals surface area contributed by atoms with Gasteiger partial charge in [0.2, 0.25) is 5.43 Å². The van der Waals surface area contributed by atoms with E-state index in [4.69, 9.17) is 10.5 Å². The molecule has 1 rings (SSSR count). The molecule has 0 saturated heterocycles. The lowest BCUT2D eigenvalue weighted by atomic mass is 10.4. The molecule has 0 unspecified atom stereocenters. The molecule has 4 nitrogen and oxygen atoms in total. The molecule has 1 aromatic rings. The molecule has 2 N–H and O–H groups in total. The van der Waals surface area contributed by atoms with Crippen molar-refractivity contribution in [3.05, 3.63) is 28.7 Å². The van der Waals surface area contributed by atoms with Crippen LogP contribution in [0.2, 0.25) is 0 Å². The zero-order chi connectivity index (χ0) is 8.97. The van der Waals surface area contributed by atoms with Crippen molar-refractivity contribution in [2.24, 2.45) is 5.73 Å². The molecule has 0 radical (unpaired) electrons. The SMILES string of the molecule is COc1cn(CCN)ccc1=O. The van der Waals surface area contributed by atoms with E-state index in [2.05, 4.69) is 0 Å². The topological polar surface area (TPSA) is 57.2 Å². The number of nitrogens with zero attached hydrogens (tertiary/aromatic N) is 1. The van der Waals surface area contributed by atoms with Crippen molar-refractivity contribution in [2.45, 2.75) is 6.54 Å². The molecule has 66 valence electrons. The van der Waals surface area contributed by atoms with E-state index in [0.717, 1.165) is 0 Å². The van der Waals surface area contributed by atoms with Crippen molar-refractivity contribution >= 4 is 0 Å². The highest BCUT2D eigenvalue weighted by Gasteiger charge is 1.97. The molecular weight excluding hydrogens is 156 g/mol. The molecule has 0 fully saturated rings. The molecule has 12 heavy (non-hydrogen) atoms. The summed E-state index contributed by atoms with van der Waals surface area (Å²) >= 11 is 0.